The molecule has 4 amide bonds. The fraction of sp³-hybridized carbons (Fsp3) is 0.171. The number of nitrogens with one attached hydrogen (secondary N) is 2. The van der Waals surface area contributed by atoms with E-state index in [1.165, 1.54) is 4.90 Å². The second-order valence-corrected chi connectivity index (χ2v) is 10.9. The normalized spacial score (nSPS) is 17.4. The monoisotopic (exact) mass is 586 g/mol. The van der Waals surface area contributed by atoms with Crippen LogP contribution in [0.1, 0.15) is 38.8 Å². The van der Waals surface area contributed by atoms with Gasteiger partial charge < -0.3 is 19.8 Å². The molecule has 9 nitrogen and oxygen atoms in total. The van der Waals surface area contributed by atoms with Gasteiger partial charge in [0.15, 0.2) is 0 Å². The summed E-state index contributed by atoms with van der Waals surface area (Å²) in [4.78, 5) is 47.5. The lowest BCUT2D eigenvalue weighted by atomic mass is 9.89. The summed E-state index contributed by atoms with van der Waals surface area (Å²) in [6, 6.07) is 28.0. The second kappa shape index (κ2) is 10.9. The number of hydrogen-bond donors (Lipinski definition) is 2. The number of rotatable bonds is 7. The summed E-state index contributed by atoms with van der Waals surface area (Å²) in [5.74, 6) is 0.781. The van der Waals surface area contributed by atoms with E-state index in [1.54, 1.807) is 43.4 Å². The molecular weight excluding hydrogens is 556 g/mol. The van der Waals surface area contributed by atoms with Gasteiger partial charge in [0.2, 0.25) is 0 Å². The Hall–Kier alpha value is -5.57. The van der Waals surface area contributed by atoms with E-state index in [0.29, 0.717) is 35.7 Å². The summed E-state index contributed by atoms with van der Waals surface area (Å²) in [6.07, 6.45) is 0.393. The molecule has 2 aliphatic rings. The maximum Gasteiger partial charge on any atom is 0.332 e. The largest absolute Gasteiger partial charge is 0.497 e. The van der Waals surface area contributed by atoms with Crippen LogP contribution < -0.4 is 19.7 Å². The number of para-hydroxylation sites is 2. The summed E-state index contributed by atoms with van der Waals surface area (Å²) >= 11 is 0. The van der Waals surface area contributed by atoms with Gasteiger partial charge in [0.05, 0.1) is 19.9 Å². The van der Waals surface area contributed by atoms with Gasteiger partial charge in [-0.2, -0.15) is 0 Å². The van der Waals surface area contributed by atoms with Crippen molar-refractivity contribution in [3.05, 3.63) is 125 Å². The maximum absolute atomic E-state index is 14.1. The molecule has 220 valence electrons. The first-order valence-electron chi connectivity index (χ1n) is 14.4. The summed E-state index contributed by atoms with van der Waals surface area (Å²) in [5.41, 5.74) is 5.40. The smallest absolute Gasteiger partial charge is 0.332 e. The third kappa shape index (κ3) is 4.44. The molecule has 3 heterocycles. The number of fused-ring (bicyclic) bond motifs is 4. The van der Waals surface area contributed by atoms with Crippen molar-refractivity contribution in [2.24, 2.45) is 0 Å². The molecule has 0 unspecified atom stereocenters. The number of carbonyl (C=O) groups is 3. The number of H-pyrrole nitrogens is 1. The number of anilines is 1. The summed E-state index contributed by atoms with van der Waals surface area (Å²) < 4.78 is 10.9. The minimum absolute atomic E-state index is 0.276. The Morgan fingerprint density at radius 2 is 1.68 bits per heavy atom. The molecule has 0 saturated carbocycles. The average molecular weight is 587 g/mol. The lowest BCUT2D eigenvalue weighted by molar-refractivity contribution is -0.120. The molecule has 0 spiro atoms. The van der Waals surface area contributed by atoms with Gasteiger partial charge in [-0.05, 0) is 59.7 Å². The minimum atomic E-state index is -0.686. The third-order valence-corrected chi connectivity index (χ3v) is 8.48. The van der Waals surface area contributed by atoms with Crippen LogP contribution >= 0.6 is 0 Å². The molecule has 0 radical (unpaired) electrons. The van der Waals surface area contributed by atoms with E-state index in [0.717, 1.165) is 33.3 Å². The molecule has 2 aliphatic heterocycles. The number of aromatic nitrogens is 1. The van der Waals surface area contributed by atoms with Crippen LogP contribution in [-0.4, -0.2) is 48.0 Å². The number of hydrogen-bond acceptors (Lipinski definition) is 5. The summed E-state index contributed by atoms with van der Waals surface area (Å²) in [7, 11) is 3.19. The molecule has 1 saturated heterocycles. The molecule has 4 aromatic carbocycles. The molecule has 7 rings (SSSR count). The van der Waals surface area contributed by atoms with Gasteiger partial charge in [0.25, 0.3) is 11.8 Å². The van der Waals surface area contributed by atoms with Gasteiger partial charge in [0, 0.05) is 40.7 Å². The molecule has 2 atom stereocenters. The van der Waals surface area contributed by atoms with Crippen LogP contribution in [0.3, 0.4) is 0 Å². The lowest BCUT2D eigenvalue weighted by Crippen LogP contribution is -2.44. The van der Waals surface area contributed by atoms with Crippen molar-refractivity contribution >= 4 is 34.4 Å². The first-order valence-corrected chi connectivity index (χ1v) is 14.4. The van der Waals surface area contributed by atoms with E-state index >= 15 is 0 Å². The maximum atomic E-state index is 14.1. The predicted molar refractivity (Wildman–Crippen MR) is 166 cm³/mol. The Kier molecular flexibility index (Phi) is 6.77. The van der Waals surface area contributed by atoms with Gasteiger partial charge >= 0.3 is 6.03 Å². The van der Waals surface area contributed by atoms with E-state index in [1.807, 2.05) is 72.8 Å². The van der Waals surface area contributed by atoms with E-state index in [2.05, 4.69) is 10.3 Å². The van der Waals surface area contributed by atoms with Crippen LogP contribution in [0.4, 0.5) is 10.5 Å². The van der Waals surface area contributed by atoms with Crippen molar-refractivity contribution in [2.45, 2.75) is 25.0 Å². The van der Waals surface area contributed by atoms with Crippen molar-refractivity contribution in [3.8, 4) is 11.5 Å². The van der Waals surface area contributed by atoms with Crippen molar-refractivity contribution in [1.82, 2.24) is 15.2 Å². The zero-order valence-corrected chi connectivity index (χ0v) is 24.2. The molecule has 0 bridgehead atoms. The highest BCUT2D eigenvalue weighted by molar-refractivity contribution is 6.22. The van der Waals surface area contributed by atoms with E-state index in [9.17, 15) is 14.4 Å². The first-order chi connectivity index (χ1) is 21.5. The van der Waals surface area contributed by atoms with Gasteiger partial charge in [-0.1, -0.05) is 48.5 Å². The van der Waals surface area contributed by atoms with Crippen LogP contribution in [0.2, 0.25) is 0 Å². The number of carbonyl (C=O) groups excluding carboxylic acids is 3. The molecule has 1 fully saturated rings. The minimum Gasteiger partial charge on any atom is -0.497 e. The van der Waals surface area contributed by atoms with Crippen LogP contribution in [0.25, 0.3) is 10.9 Å². The number of urea groups is 1. The van der Waals surface area contributed by atoms with Gasteiger partial charge in [-0.3, -0.25) is 14.5 Å². The van der Waals surface area contributed by atoms with E-state index < -0.39 is 18.1 Å². The SMILES string of the molecule is COc1cccc([C@@H]2c3[nH]c4ccccc4c3C[C@H]3C(=O)N(c4ccc(C(=O)NCc5ccccc5OC)cc4)C(=O)N23)c1. The molecular formula is C35H30N4O5. The summed E-state index contributed by atoms with van der Waals surface area (Å²) in [5, 5.41) is 3.94. The summed E-state index contributed by atoms with van der Waals surface area (Å²) in [6.45, 7) is 0.296. The molecule has 5 aromatic rings. The third-order valence-electron chi connectivity index (χ3n) is 8.48. The van der Waals surface area contributed by atoms with Crippen LogP contribution in [0.5, 0.6) is 11.5 Å². The lowest BCUT2D eigenvalue weighted by Gasteiger charge is -2.36. The zero-order chi connectivity index (χ0) is 30.4. The van der Waals surface area contributed by atoms with Crippen LogP contribution in [-0.2, 0) is 17.8 Å². The van der Waals surface area contributed by atoms with E-state index in [4.69, 9.17) is 9.47 Å². The van der Waals surface area contributed by atoms with E-state index in [-0.39, 0.29) is 11.8 Å². The number of imide groups is 1. The van der Waals surface area contributed by atoms with Gasteiger partial charge in [-0.15, -0.1) is 0 Å². The fourth-order valence-electron chi connectivity index (χ4n) is 6.36. The average Bonchev–Trinajstić information content (AvgIpc) is 3.56. The number of amides is 4. The Morgan fingerprint density at radius 1 is 0.909 bits per heavy atom. The van der Waals surface area contributed by atoms with Crippen molar-refractivity contribution < 1.29 is 23.9 Å². The number of ether oxygens (including phenoxy) is 2. The van der Waals surface area contributed by atoms with Gasteiger partial charge in [-0.25, -0.2) is 9.69 Å². The molecule has 44 heavy (non-hydrogen) atoms. The Labute approximate surface area is 254 Å². The molecule has 0 aliphatic carbocycles. The van der Waals surface area contributed by atoms with Crippen molar-refractivity contribution in [1.29, 1.82) is 0 Å². The standard InChI is InChI=1S/C35H30N4O5/c1-43-25-10-7-9-22(18-25)32-31-27(26-11-4-5-12-28(26)37-31)19-29-34(41)38(35(42)39(29)32)24-16-14-21(15-17-24)33(40)36-20-23-8-3-6-13-30(23)44-2/h3-18,29,32,37H,19-20H2,1-2H3,(H,36,40)/t29-,32+/m0/s1. The number of methoxy groups -OCH3 is 2. The topological polar surface area (TPSA) is 104 Å². The predicted octanol–water partition coefficient (Wildman–Crippen LogP) is 5.60. The molecule has 1 aromatic heterocycles. The Morgan fingerprint density at radius 3 is 2.48 bits per heavy atom. The van der Waals surface area contributed by atoms with Gasteiger partial charge in [0.1, 0.15) is 23.6 Å². The highest BCUT2D eigenvalue weighted by Gasteiger charge is 2.53. The molecule has 2 N–H and O–H groups in total. The highest BCUT2D eigenvalue weighted by Crippen LogP contribution is 2.45. The zero-order valence-electron chi connectivity index (χ0n) is 24.2. The van der Waals surface area contributed by atoms with Crippen molar-refractivity contribution in [3.63, 3.8) is 0 Å². The molecule has 9 heteroatoms. The highest BCUT2D eigenvalue weighted by atomic mass is 16.5. The van der Waals surface area contributed by atoms with Crippen LogP contribution in [0.15, 0.2) is 97.1 Å². The number of nitrogens with zero attached hydrogens (tertiary/aromatic N) is 2. The Bertz CT molecular complexity index is 1910. The fourth-order valence-corrected chi connectivity index (χ4v) is 6.36. The number of aromatic amines is 1. The quantitative estimate of drug-likeness (QED) is 0.242. The van der Waals surface area contributed by atoms with Crippen molar-refractivity contribution in [2.75, 3.05) is 19.1 Å². The van der Waals surface area contributed by atoms with Crippen LogP contribution in [0, 0.1) is 0 Å². The number of benzene rings is 4. The Balaban J connectivity index is 1.19. The second-order valence-electron chi connectivity index (χ2n) is 10.9. The first kappa shape index (κ1) is 27.3.